The Labute approximate surface area is 182 Å². The average Bonchev–Trinajstić information content (AvgIpc) is 2.76. The van der Waals surface area contributed by atoms with Gasteiger partial charge in [0.2, 0.25) is 0 Å². The molecule has 160 valence electrons. The van der Waals surface area contributed by atoms with Crippen molar-refractivity contribution in [3.63, 3.8) is 0 Å². The van der Waals surface area contributed by atoms with Gasteiger partial charge in [-0.3, -0.25) is 0 Å². The van der Waals surface area contributed by atoms with Crippen LogP contribution in [0.15, 0.2) is 60.7 Å². The van der Waals surface area contributed by atoms with Gasteiger partial charge >= 0.3 is 8.80 Å². The van der Waals surface area contributed by atoms with E-state index < -0.39 is 26.2 Å². The molecule has 2 aromatic carbocycles. The molecule has 0 saturated carbocycles. The average molecular weight is 449 g/mol. The summed E-state index contributed by atoms with van der Waals surface area (Å²) in [4.78, 5) is 0. The first-order valence-electron chi connectivity index (χ1n) is 10.9. The minimum absolute atomic E-state index is 0.114. The molecular formula is C23H37O3PSi2. The minimum Gasteiger partial charge on any atom is -0.374 e. The van der Waals surface area contributed by atoms with Crippen LogP contribution in [0.3, 0.4) is 0 Å². The van der Waals surface area contributed by atoms with Crippen molar-refractivity contribution in [1.29, 1.82) is 0 Å². The molecule has 2 rings (SSSR count). The molecule has 0 radical (unpaired) electrons. The second-order valence-corrected chi connectivity index (χ2v) is 14.8. The molecule has 6 heteroatoms. The second kappa shape index (κ2) is 12.1. The van der Waals surface area contributed by atoms with Gasteiger partial charge in [-0.15, -0.1) is 0 Å². The van der Waals surface area contributed by atoms with Crippen molar-refractivity contribution in [3.05, 3.63) is 60.7 Å². The van der Waals surface area contributed by atoms with Gasteiger partial charge in [0.15, 0.2) is 0 Å². The highest BCUT2D eigenvalue weighted by atomic mass is 31.1. The highest BCUT2D eigenvalue weighted by Gasteiger charge is 2.44. The van der Waals surface area contributed by atoms with E-state index in [4.69, 9.17) is 13.3 Å². The lowest BCUT2D eigenvalue weighted by atomic mass is 10.3. The van der Waals surface area contributed by atoms with E-state index >= 15 is 0 Å². The van der Waals surface area contributed by atoms with Gasteiger partial charge in [-0.25, -0.2) is 0 Å². The van der Waals surface area contributed by atoms with Crippen molar-refractivity contribution >= 4 is 36.9 Å². The summed E-state index contributed by atoms with van der Waals surface area (Å²) >= 11 is 0. The summed E-state index contributed by atoms with van der Waals surface area (Å²) in [5.74, 6) is 0. The summed E-state index contributed by atoms with van der Waals surface area (Å²) in [5, 5.41) is 2.75. The number of benzene rings is 2. The Balaban J connectivity index is 2.22. The molecule has 0 aliphatic carbocycles. The normalized spacial score (nSPS) is 14.6. The van der Waals surface area contributed by atoms with E-state index in [2.05, 4.69) is 81.1 Å². The summed E-state index contributed by atoms with van der Waals surface area (Å²) < 4.78 is 19.0. The van der Waals surface area contributed by atoms with Gasteiger partial charge in [-0.1, -0.05) is 74.1 Å². The minimum atomic E-state index is -2.61. The Bertz CT molecular complexity index is 656. The standard InChI is InChI=1S/C23H37O3PSi2/c1-6-24-29(8-3,25-7-2)26-23(4,28-5)19-20-27(21-15-11-9-12-16-21)22-17-13-10-14-18-22/h9-18H,6-8,19-20,28H2,1-5H3. The maximum absolute atomic E-state index is 6.79. The maximum Gasteiger partial charge on any atom is 0.500 e. The molecule has 2 aromatic rings. The second-order valence-electron chi connectivity index (χ2n) is 7.38. The third-order valence-corrected chi connectivity index (χ3v) is 13.2. The van der Waals surface area contributed by atoms with Crippen LogP contribution in [0.4, 0.5) is 0 Å². The van der Waals surface area contributed by atoms with Crippen molar-refractivity contribution in [2.24, 2.45) is 0 Å². The van der Waals surface area contributed by atoms with Crippen LogP contribution in [0.2, 0.25) is 12.6 Å². The monoisotopic (exact) mass is 448 g/mol. The Hall–Kier alpha value is -0.816. The van der Waals surface area contributed by atoms with E-state index in [1.165, 1.54) is 10.6 Å². The summed E-state index contributed by atoms with van der Waals surface area (Å²) in [7, 11) is -3.45. The predicted octanol–water partition coefficient (Wildman–Crippen LogP) is 4.49. The smallest absolute Gasteiger partial charge is 0.374 e. The van der Waals surface area contributed by atoms with E-state index in [-0.39, 0.29) is 5.22 Å². The molecule has 1 unspecified atom stereocenters. The van der Waals surface area contributed by atoms with Crippen LogP contribution in [0.25, 0.3) is 0 Å². The Kier molecular flexibility index (Phi) is 10.2. The van der Waals surface area contributed by atoms with Crippen molar-refractivity contribution < 1.29 is 13.3 Å². The molecule has 0 spiro atoms. The topological polar surface area (TPSA) is 27.7 Å². The SMILES string of the molecule is CCO[Si](CC)(OCC)OC(C)(CCP(c1ccccc1)c1ccccc1)[SiH2]C. The maximum atomic E-state index is 6.79. The highest BCUT2D eigenvalue weighted by molar-refractivity contribution is 7.73. The first kappa shape index (κ1) is 24.5. The first-order chi connectivity index (χ1) is 14.0. The molecule has 0 aromatic heterocycles. The molecule has 0 bridgehead atoms. The van der Waals surface area contributed by atoms with Gasteiger partial charge < -0.3 is 13.3 Å². The quantitative estimate of drug-likeness (QED) is 0.334. The molecule has 29 heavy (non-hydrogen) atoms. The summed E-state index contributed by atoms with van der Waals surface area (Å²) in [5.41, 5.74) is 0. The summed E-state index contributed by atoms with van der Waals surface area (Å²) in [6.07, 6.45) is 2.16. The van der Waals surface area contributed by atoms with E-state index in [1.54, 1.807) is 0 Å². The predicted molar refractivity (Wildman–Crippen MR) is 132 cm³/mol. The van der Waals surface area contributed by atoms with E-state index in [9.17, 15) is 0 Å². The van der Waals surface area contributed by atoms with Crippen LogP contribution in [0.5, 0.6) is 0 Å². The molecule has 3 nitrogen and oxygen atoms in total. The van der Waals surface area contributed by atoms with E-state index in [0.717, 1.165) is 18.6 Å². The molecular weight excluding hydrogens is 411 g/mol. The number of rotatable bonds is 13. The van der Waals surface area contributed by atoms with E-state index in [1.807, 2.05) is 13.8 Å². The Morgan fingerprint density at radius 2 is 1.34 bits per heavy atom. The van der Waals surface area contributed by atoms with Gasteiger partial charge in [0.25, 0.3) is 0 Å². The molecule has 0 amide bonds. The molecule has 0 aliphatic heterocycles. The highest BCUT2D eigenvalue weighted by Crippen LogP contribution is 2.37. The zero-order valence-electron chi connectivity index (χ0n) is 18.7. The van der Waals surface area contributed by atoms with Crippen LogP contribution >= 0.6 is 7.92 Å². The van der Waals surface area contributed by atoms with E-state index in [0.29, 0.717) is 13.2 Å². The first-order valence-corrected chi connectivity index (χ1v) is 16.4. The van der Waals surface area contributed by atoms with Crippen molar-refractivity contribution in [2.45, 2.75) is 51.9 Å². The van der Waals surface area contributed by atoms with Crippen molar-refractivity contribution in [2.75, 3.05) is 19.4 Å². The lowest BCUT2D eigenvalue weighted by molar-refractivity contribution is 0.0189. The summed E-state index contributed by atoms with van der Waals surface area (Å²) in [6.45, 7) is 12.1. The Morgan fingerprint density at radius 3 is 1.72 bits per heavy atom. The zero-order chi connectivity index (χ0) is 21.2. The van der Waals surface area contributed by atoms with Crippen molar-refractivity contribution in [1.82, 2.24) is 0 Å². The molecule has 0 saturated heterocycles. The van der Waals surface area contributed by atoms with Crippen LogP contribution in [0.1, 0.15) is 34.1 Å². The van der Waals surface area contributed by atoms with Gasteiger partial charge in [0.05, 0.1) is 9.52 Å². The number of hydrogen-bond donors (Lipinski definition) is 0. The summed E-state index contributed by atoms with van der Waals surface area (Å²) in [6, 6.07) is 22.7. The molecule has 0 fully saturated rings. The van der Waals surface area contributed by atoms with Gasteiger partial charge in [-0.05, 0) is 51.9 Å². The van der Waals surface area contributed by atoms with Gasteiger partial charge in [0.1, 0.15) is 0 Å². The molecule has 0 N–H and O–H groups in total. The largest absolute Gasteiger partial charge is 0.500 e. The molecule has 0 heterocycles. The van der Waals surface area contributed by atoms with Crippen molar-refractivity contribution in [3.8, 4) is 0 Å². The fraction of sp³-hybridized carbons (Fsp3) is 0.478. The molecule has 1 atom stereocenters. The van der Waals surface area contributed by atoms with Crippen LogP contribution in [-0.4, -0.2) is 42.9 Å². The fourth-order valence-corrected chi connectivity index (χ4v) is 10.6. The van der Waals surface area contributed by atoms with Crippen LogP contribution in [-0.2, 0) is 13.3 Å². The zero-order valence-corrected chi connectivity index (χ0v) is 22.0. The fourth-order valence-electron chi connectivity index (χ4n) is 3.46. The lowest BCUT2D eigenvalue weighted by Crippen LogP contribution is -2.54. The third kappa shape index (κ3) is 7.13. The van der Waals surface area contributed by atoms with Crippen LogP contribution < -0.4 is 10.6 Å². The molecule has 0 aliphatic rings. The third-order valence-electron chi connectivity index (χ3n) is 5.31. The lowest BCUT2D eigenvalue weighted by Gasteiger charge is -2.39. The number of hydrogen-bond acceptors (Lipinski definition) is 3. The van der Waals surface area contributed by atoms with Gasteiger partial charge in [0, 0.05) is 24.5 Å². The van der Waals surface area contributed by atoms with Gasteiger partial charge in [-0.2, -0.15) is 0 Å². The van der Waals surface area contributed by atoms with Crippen LogP contribution in [0, 0.1) is 0 Å². The Morgan fingerprint density at radius 1 is 0.862 bits per heavy atom.